The van der Waals surface area contributed by atoms with Crippen molar-refractivity contribution in [2.24, 2.45) is 7.05 Å². The van der Waals surface area contributed by atoms with E-state index in [1.165, 1.54) is 0 Å². The minimum Gasteiger partial charge on any atom is -0.347 e. The number of pyridine rings is 1. The van der Waals surface area contributed by atoms with Crippen LogP contribution in [0.5, 0.6) is 0 Å². The number of nitriles is 2. The number of hydrogen-bond donors (Lipinski definition) is 1. The van der Waals surface area contributed by atoms with Crippen LogP contribution in [0.3, 0.4) is 0 Å². The summed E-state index contributed by atoms with van der Waals surface area (Å²) in [5.74, 6) is 0.489. The first-order valence-corrected chi connectivity index (χ1v) is 12.0. The van der Waals surface area contributed by atoms with Gasteiger partial charge in [-0.3, -0.25) is 4.98 Å². The second-order valence-electron chi connectivity index (χ2n) is 8.40. The van der Waals surface area contributed by atoms with Crippen molar-refractivity contribution in [3.8, 4) is 23.3 Å². The summed E-state index contributed by atoms with van der Waals surface area (Å²) < 4.78 is 2.03. The highest BCUT2D eigenvalue weighted by atomic mass is 32.2. The predicted octanol–water partition coefficient (Wildman–Crippen LogP) is 6.29. The highest BCUT2D eigenvalue weighted by Gasteiger charge is 2.17. The molecule has 0 fully saturated rings. The van der Waals surface area contributed by atoms with Crippen molar-refractivity contribution < 1.29 is 0 Å². The Morgan fingerprint density at radius 3 is 2.39 bits per heavy atom. The summed E-state index contributed by atoms with van der Waals surface area (Å²) in [6.07, 6.45) is 5.28. The lowest BCUT2D eigenvalue weighted by molar-refractivity contribution is 0.937. The summed E-state index contributed by atoms with van der Waals surface area (Å²) in [5.41, 5.74) is 7.80. The third-order valence-electron chi connectivity index (χ3n) is 5.87. The number of anilines is 2. The Hall–Kier alpha value is -4.66. The van der Waals surface area contributed by atoms with Gasteiger partial charge in [0, 0.05) is 41.8 Å². The lowest BCUT2D eigenvalue weighted by atomic mass is 9.98. The molecule has 36 heavy (non-hydrogen) atoms. The zero-order valence-electron chi connectivity index (χ0n) is 19.9. The molecular formula is C28H21N7S. The molecule has 1 N–H and O–H groups in total. The van der Waals surface area contributed by atoms with E-state index in [-0.39, 0.29) is 0 Å². The van der Waals surface area contributed by atoms with Gasteiger partial charge in [0.15, 0.2) is 0 Å². The van der Waals surface area contributed by atoms with Gasteiger partial charge >= 0.3 is 0 Å². The van der Waals surface area contributed by atoms with E-state index >= 15 is 0 Å². The fourth-order valence-electron chi connectivity index (χ4n) is 4.14. The van der Waals surface area contributed by atoms with Crippen molar-refractivity contribution in [1.29, 1.82) is 10.5 Å². The molecule has 2 aromatic carbocycles. The first-order chi connectivity index (χ1) is 17.5. The molecule has 0 unspecified atom stereocenters. The van der Waals surface area contributed by atoms with Crippen LogP contribution in [0.1, 0.15) is 22.3 Å². The number of hydrogen-bond acceptors (Lipinski definition) is 7. The standard InChI is InChI=1S/C28H21N7S/c1-17-12-20(23-8-10-31-16-21(23)15-30)13-18(2)26(17)36-27-25-24(9-11-35(25)3)33-28(34-27)32-22-6-4-19(14-29)5-7-22/h4-13,16H,1-3H3,(H,32,33,34). The Bertz CT molecular complexity index is 1670. The topological polar surface area (TPSA) is 103 Å². The number of benzene rings is 2. The van der Waals surface area contributed by atoms with Crippen LogP contribution in [0.4, 0.5) is 11.6 Å². The summed E-state index contributed by atoms with van der Waals surface area (Å²) in [6, 6.07) is 19.6. The maximum atomic E-state index is 9.50. The van der Waals surface area contributed by atoms with Crippen molar-refractivity contribution >= 4 is 34.4 Å². The molecule has 0 aliphatic heterocycles. The van der Waals surface area contributed by atoms with Gasteiger partial charge in [0.05, 0.1) is 28.2 Å². The largest absolute Gasteiger partial charge is 0.347 e. The molecule has 0 saturated carbocycles. The summed E-state index contributed by atoms with van der Waals surface area (Å²) >= 11 is 1.60. The molecule has 0 amide bonds. The van der Waals surface area contributed by atoms with E-state index in [9.17, 15) is 5.26 Å². The van der Waals surface area contributed by atoms with Gasteiger partial charge in [-0.15, -0.1) is 0 Å². The van der Waals surface area contributed by atoms with E-state index in [1.807, 2.05) is 42.1 Å². The Morgan fingerprint density at radius 1 is 0.944 bits per heavy atom. The van der Waals surface area contributed by atoms with Crippen LogP contribution >= 0.6 is 11.8 Å². The van der Waals surface area contributed by atoms with Gasteiger partial charge in [-0.05, 0) is 66.9 Å². The van der Waals surface area contributed by atoms with Crippen molar-refractivity contribution in [2.75, 3.05) is 5.32 Å². The molecule has 8 heteroatoms. The summed E-state index contributed by atoms with van der Waals surface area (Å²) in [7, 11) is 1.99. The van der Waals surface area contributed by atoms with Gasteiger partial charge < -0.3 is 9.88 Å². The van der Waals surface area contributed by atoms with E-state index in [1.54, 1.807) is 36.3 Å². The number of aromatic nitrogens is 4. The third kappa shape index (κ3) is 4.38. The van der Waals surface area contributed by atoms with Crippen molar-refractivity contribution in [3.05, 3.63) is 89.4 Å². The molecule has 0 bridgehead atoms. The van der Waals surface area contributed by atoms with Gasteiger partial charge in [0.25, 0.3) is 0 Å². The van der Waals surface area contributed by atoms with Gasteiger partial charge in [-0.25, -0.2) is 9.97 Å². The van der Waals surface area contributed by atoms with Crippen molar-refractivity contribution in [3.63, 3.8) is 0 Å². The van der Waals surface area contributed by atoms with Crippen LogP contribution in [-0.4, -0.2) is 19.5 Å². The van der Waals surface area contributed by atoms with E-state index in [2.05, 4.69) is 48.4 Å². The fourth-order valence-corrected chi connectivity index (χ4v) is 5.25. The quantitative estimate of drug-likeness (QED) is 0.291. The zero-order valence-corrected chi connectivity index (χ0v) is 20.8. The average Bonchev–Trinajstić information content (AvgIpc) is 3.27. The van der Waals surface area contributed by atoms with E-state index < -0.39 is 0 Å². The number of nitrogens with zero attached hydrogens (tertiary/aromatic N) is 6. The first kappa shape index (κ1) is 23.1. The molecule has 0 aliphatic carbocycles. The molecule has 0 saturated heterocycles. The molecule has 3 aromatic heterocycles. The highest BCUT2D eigenvalue weighted by molar-refractivity contribution is 7.99. The first-order valence-electron chi connectivity index (χ1n) is 11.2. The van der Waals surface area contributed by atoms with Crippen LogP contribution in [0.2, 0.25) is 0 Å². The minimum atomic E-state index is 0.489. The van der Waals surface area contributed by atoms with E-state index in [4.69, 9.17) is 15.2 Å². The Morgan fingerprint density at radius 2 is 1.69 bits per heavy atom. The maximum absolute atomic E-state index is 9.50. The van der Waals surface area contributed by atoms with Gasteiger partial charge in [-0.1, -0.05) is 23.9 Å². The number of nitrogens with one attached hydrogen (secondary N) is 1. The molecule has 5 rings (SSSR count). The van der Waals surface area contributed by atoms with Crippen molar-refractivity contribution in [2.45, 2.75) is 23.8 Å². The Balaban J connectivity index is 1.54. The SMILES string of the molecule is Cc1cc(-c2ccncc2C#N)cc(C)c1Sc1nc(Nc2ccc(C#N)cc2)nc2ccn(C)c12. The molecule has 3 heterocycles. The van der Waals surface area contributed by atoms with E-state index in [0.29, 0.717) is 17.1 Å². The summed E-state index contributed by atoms with van der Waals surface area (Å²) in [4.78, 5) is 14.7. The lowest BCUT2D eigenvalue weighted by Crippen LogP contribution is -2.01. The monoisotopic (exact) mass is 487 g/mol. The van der Waals surface area contributed by atoms with Crippen LogP contribution in [-0.2, 0) is 7.05 Å². The lowest BCUT2D eigenvalue weighted by Gasteiger charge is -2.14. The fraction of sp³-hybridized carbons (Fsp3) is 0.107. The highest BCUT2D eigenvalue weighted by Crippen LogP contribution is 2.39. The van der Waals surface area contributed by atoms with Crippen LogP contribution in [0, 0.1) is 36.5 Å². The molecule has 0 radical (unpaired) electrons. The molecule has 0 aliphatic rings. The van der Waals surface area contributed by atoms with Crippen LogP contribution in [0.15, 0.2) is 77.0 Å². The Labute approximate surface area is 213 Å². The molecule has 174 valence electrons. The zero-order chi connectivity index (χ0) is 25.2. The molecule has 0 atom stereocenters. The van der Waals surface area contributed by atoms with Crippen molar-refractivity contribution in [1.82, 2.24) is 19.5 Å². The normalized spacial score (nSPS) is 10.7. The van der Waals surface area contributed by atoms with Crippen LogP contribution in [0.25, 0.3) is 22.2 Å². The smallest absolute Gasteiger partial charge is 0.228 e. The molecule has 5 aromatic rings. The summed E-state index contributed by atoms with van der Waals surface area (Å²) in [5, 5.41) is 22.7. The van der Waals surface area contributed by atoms with Crippen LogP contribution < -0.4 is 5.32 Å². The predicted molar refractivity (Wildman–Crippen MR) is 141 cm³/mol. The van der Waals surface area contributed by atoms with Gasteiger partial charge in [0.1, 0.15) is 11.1 Å². The van der Waals surface area contributed by atoms with E-state index in [0.717, 1.165) is 48.9 Å². The molecule has 0 spiro atoms. The second-order valence-corrected chi connectivity index (χ2v) is 9.40. The Kier molecular flexibility index (Phi) is 6.12. The number of rotatable bonds is 5. The number of fused-ring (bicyclic) bond motifs is 1. The minimum absolute atomic E-state index is 0.489. The second kappa shape index (κ2) is 9.53. The van der Waals surface area contributed by atoms with Gasteiger partial charge in [-0.2, -0.15) is 10.5 Å². The number of aryl methyl sites for hydroxylation is 3. The third-order valence-corrected chi connectivity index (χ3v) is 7.20. The maximum Gasteiger partial charge on any atom is 0.228 e. The molecular weight excluding hydrogens is 466 g/mol. The summed E-state index contributed by atoms with van der Waals surface area (Å²) in [6.45, 7) is 4.15. The average molecular weight is 488 g/mol. The molecule has 7 nitrogen and oxygen atoms in total. The van der Waals surface area contributed by atoms with Gasteiger partial charge in [0.2, 0.25) is 5.95 Å².